The summed E-state index contributed by atoms with van der Waals surface area (Å²) < 4.78 is 28.2. The van der Waals surface area contributed by atoms with Gasteiger partial charge in [-0.05, 0) is 31.5 Å². The lowest BCUT2D eigenvalue weighted by molar-refractivity contribution is 0.330. The van der Waals surface area contributed by atoms with Crippen LogP contribution in [0.25, 0.3) is 0 Å². The number of thioether (sulfide) groups is 1. The highest BCUT2D eigenvalue weighted by molar-refractivity contribution is 9.10. The first-order chi connectivity index (χ1) is 9.87. The summed E-state index contributed by atoms with van der Waals surface area (Å²) in [6.45, 7) is 4.86. The van der Waals surface area contributed by atoms with Gasteiger partial charge in [0.15, 0.2) is 0 Å². The van der Waals surface area contributed by atoms with Gasteiger partial charge in [0.2, 0.25) is 0 Å². The number of aliphatic imine (C=N–C) groups is 1. The molecule has 1 aliphatic heterocycles. The number of nitrogens with two attached hydrogens (primary N) is 1. The van der Waals surface area contributed by atoms with Gasteiger partial charge in [-0.3, -0.25) is 4.99 Å². The lowest BCUT2D eigenvalue weighted by atomic mass is 9.92. The van der Waals surface area contributed by atoms with E-state index in [1.807, 2.05) is 6.92 Å². The Balaban J connectivity index is 2.52. The Morgan fingerprint density at radius 1 is 1.57 bits per heavy atom. The normalized spacial score (nSPS) is 29.0. The van der Waals surface area contributed by atoms with Crippen molar-refractivity contribution in [3.63, 3.8) is 0 Å². The van der Waals surface area contributed by atoms with E-state index in [2.05, 4.69) is 27.5 Å². The summed E-state index contributed by atoms with van der Waals surface area (Å²) >= 11 is 4.78. The number of halogens is 3. The van der Waals surface area contributed by atoms with Crippen molar-refractivity contribution in [3.8, 4) is 0 Å². The van der Waals surface area contributed by atoms with E-state index >= 15 is 0 Å². The average Bonchev–Trinajstić information content (AvgIpc) is 2.45. The van der Waals surface area contributed by atoms with Gasteiger partial charge in [0, 0.05) is 15.8 Å². The fraction of sp³-hybridized carbons (Fsp3) is 0.400. The summed E-state index contributed by atoms with van der Waals surface area (Å²) in [6.07, 6.45) is 2.40. The van der Waals surface area contributed by atoms with Gasteiger partial charge in [0.05, 0.1) is 4.75 Å². The van der Waals surface area contributed by atoms with Gasteiger partial charge in [0.1, 0.15) is 23.9 Å². The van der Waals surface area contributed by atoms with Crippen molar-refractivity contribution in [2.24, 2.45) is 10.7 Å². The fourth-order valence-electron chi connectivity index (χ4n) is 2.31. The molecule has 1 aromatic carbocycles. The lowest BCUT2D eigenvalue weighted by Crippen LogP contribution is -2.48. The number of hydrogen-bond donors (Lipinski definition) is 1. The Kier molecular flexibility index (Phi) is 4.78. The molecule has 1 aliphatic rings. The van der Waals surface area contributed by atoms with E-state index in [1.54, 1.807) is 18.2 Å². The van der Waals surface area contributed by atoms with Crippen LogP contribution in [0.15, 0.2) is 40.3 Å². The zero-order valence-electron chi connectivity index (χ0n) is 11.7. The van der Waals surface area contributed by atoms with Crippen LogP contribution in [-0.4, -0.2) is 23.0 Å². The van der Waals surface area contributed by atoms with Crippen LogP contribution >= 0.6 is 27.7 Å². The summed E-state index contributed by atoms with van der Waals surface area (Å²) in [5.74, 6) is 0.193. The van der Waals surface area contributed by atoms with E-state index in [0.29, 0.717) is 22.5 Å². The molecule has 2 N–H and O–H groups in total. The van der Waals surface area contributed by atoms with Crippen LogP contribution in [0.2, 0.25) is 0 Å². The van der Waals surface area contributed by atoms with Crippen molar-refractivity contribution in [2.75, 3.05) is 12.4 Å². The molecule has 0 fully saturated rings. The molecule has 6 heteroatoms. The highest BCUT2D eigenvalue weighted by atomic mass is 79.9. The second-order valence-corrected chi connectivity index (χ2v) is 7.69. The minimum atomic E-state index is -1.26. The predicted molar refractivity (Wildman–Crippen MR) is 89.1 cm³/mol. The number of rotatable bonds is 4. The number of benzene rings is 1. The Morgan fingerprint density at radius 3 is 2.86 bits per heavy atom. The lowest BCUT2D eigenvalue weighted by Gasteiger charge is -2.40. The van der Waals surface area contributed by atoms with Crippen LogP contribution in [-0.2, 0) is 5.54 Å². The predicted octanol–water partition coefficient (Wildman–Crippen LogP) is 4.19. The van der Waals surface area contributed by atoms with Crippen molar-refractivity contribution >= 4 is 33.5 Å². The minimum absolute atomic E-state index is 0.232. The van der Waals surface area contributed by atoms with E-state index in [0.717, 1.165) is 0 Å². The van der Waals surface area contributed by atoms with E-state index < -0.39 is 22.8 Å². The third kappa shape index (κ3) is 3.01. The van der Waals surface area contributed by atoms with Gasteiger partial charge in [-0.15, -0.1) is 18.3 Å². The second-order valence-electron chi connectivity index (χ2n) is 5.30. The minimum Gasteiger partial charge on any atom is -0.386 e. The van der Waals surface area contributed by atoms with E-state index in [-0.39, 0.29) is 5.56 Å². The molecule has 0 unspecified atom stereocenters. The molecule has 0 saturated carbocycles. The van der Waals surface area contributed by atoms with Gasteiger partial charge in [-0.25, -0.2) is 8.78 Å². The van der Waals surface area contributed by atoms with Crippen LogP contribution in [0.3, 0.4) is 0 Å². The van der Waals surface area contributed by atoms with E-state index in [4.69, 9.17) is 5.73 Å². The standard InChI is InChI=1S/C15H17BrF2N2S/c1-3-6-14(2)13(19)20-15(8-17,9-21-14)11-7-10(16)4-5-12(11)18/h3-5,7H,1,6,8-9H2,2H3,(H2,19,20)/t14-,15+/m0/s1. The van der Waals surface area contributed by atoms with Crippen LogP contribution in [0.5, 0.6) is 0 Å². The van der Waals surface area contributed by atoms with Crippen LogP contribution in [0.4, 0.5) is 8.78 Å². The zero-order chi connectivity index (χ0) is 15.7. The van der Waals surface area contributed by atoms with Crippen molar-refractivity contribution < 1.29 is 8.78 Å². The molecule has 0 saturated heterocycles. The van der Waals surface area contributed by atoms with Crippen molar-refractivity contribution in [1.29, 1.82) is 0 Å². The fourth-order valence-corrected chi connectivity index (χ4v) is 3.95. The summed E-state index contributed by atoms with van der Waals surface area (Å²) in [7, 11) is 0. The Labute approximate surface area is 136 Å². The zero-order valence-corrected chi connectivity index (χ0v) is 14.1. The monoisotopic (exact) mass is 374 g/mol. The highest BCUT2D eigenvalue weighted by Crippen LogP contribution is 2.44. The summed E-state index contributed by atoms with van der Waals surface area (Å²) in [5.41, 5.74) is 5.03. The molecule has 1 heterocycles. The first kappa shape index (κ1) is 16.5. The molecular weight excluding hydrogens is 358 g/mol. The molecule has 0 bridgehead atoms. The number of amidine groups is 1. The molecule has 0 radical (unpaired) electrons. The molecule has 2 atom stereocenters. The summed E-state index contributed by atoms with van der Waals surface area (Å²) in [6, 6.07) is 4.46. The Morgan fingerprint density at radius 2 is 2.29 bits per heavy atom. The molecule has 21 heavy (non-hydrogen) atoms. The van der Waals surface area contributed by atoms with Crippen LogP contribution in [0.1, 0.15) is 18.9 Å². The van der Waals surface area contributed by atoms with Crippen molar-refractivity contribution in [1.82, 2.24) is 0 Å². The Hall–Kier alpha value is -0.880. The van der Waals surface area contributed by atoms with E-state index in [1.165, 1.54) is 17.8 Å². The molecule has 0 aromatic heterocycles. The third-order valence-corrected chi connectivity index (χ3v) is 5.82. The summed E-state index contributed by atoms with van der Waals surface area (Å²) in [5, 5.41) is 0. The molecule has 1 aromatic rings. The van der Waals surface area contributed by atoms with Crippen molar-refractivity contribution in [2.45, 2.75) is 23.6 Å². The van der Waals surface area contributed by atoms with Crippen LogP contribution in [0, 0.1) is 5.82 Å². The number of alkyl halides is 1. The van der Waals surface area contributed by atoms with E-state index in [9.17, 15) is 8.78 Å². The molecular formula is C15H17BrF2N2S. The quantitative estimate of drug-likeness (QED) is 0.802. The number of nitrogens with zero attached hydrogens (tertiary/aromatic N) is 1. The molecule has 0 aliphatic carbocycles. The molecule has 0 amide bonds. The highest BCUT2D eigenvalue weighted by Gasteiger charge is 2.44. The average molecular weight is 375 g/mol. The van der Waals surface area contributed by atoms with Gasteiger partial charge < -0.3 is 5.73 Å². The molecule has 114 valence electrons. The maximum Gasteiger partial charge on any atom is 0.129 e. The Bertz CT molecular complexity index is 593. The van der Waals surface area contributed by atoms with Gasteiger partial charge in [-0.2, -0.15) is 0 Å². The van der Waals surface area contributed by atoms with Crippen molar-refractivity contribution in [3.05, 3.63) is 46.7 Å². The molecule has 0 spiro atoms. The van der Waals surface area contributed by atoms with Gasteiger partial charge in [0.25, 0.3) is 0 Å². The number of allylic oxidation sites excluding steroid dienone is 1. The molecule has 2 rings (SSSR count). The third-order valence-electron chi connectivity index (χ3n) is 3.69. The maximum absolute atomic E-state index is 14.1. The largest absolute Gasteiger partial charge is 0.386 e. The second kappa shape index (κ2) is 6.08. The molecule has 2 nitrogen and oxygen atoms in total. The summed E-state index contributed by atoms with van der Waals surface area (Å²) in [4.78, 5) is 4.37. The van der Waals surface area contributed by atoms with Gasteiger partial charge in [-0.1, -0.05) is 22.0 Å². The first-order valence-corrected chi connectivity index (χ1v) is 8.27. The smallest absolute Gasteiger partial charge is 0.129 e. The SMILES string of the molecule is C=CC[C@]1(C)SC[C@](CF)(c2cc(Br)ccc2F)N=C1N. The van der Waals surface area contributed by atoms with Gasteiger partial charge >= 0.3 is 0 Å². The maximum atomic E-state index is 14.1. The number of hydrogen-bond acceptors (Lipinski definition) is 3. The topological polar surface area (TPSA) is 38.4 Å². The first-order valence-electron chi connectivity index (χ1n) is 6.49. The van der Waals surface area contributed by atoms with Crippen LogP contribution < -0.4 is 5.73 Å².